The highest BCUT2D eigenvalue weighted by Crippen LogP contribution is 2.44. The lowest BCUT2D eigenvalue weighted by Gasteiger charge is -2.20. The molecule has 2 aromatic carbocycles. The Labute approximate surface area is 193 Å². The maximum absolute atomic E-state index is 12.6. The highest BCUT2D eigenvalue weighted by Gasteiger charge is 2.29. The molecule has 0 fully saturated rings. The molecule has 0 saturated heterocycles. The van der Waals surface area contributed by atoms with Gasteiger partial charge in [-0.1, -0.05) is 68.0 Å². The van der Waals surface area contributed by atoms with E-state index in [0.717, 1.165) is 28.7 Å². The van der Waals surface area contributed by atoms with Crippen LogP contribution < -0.4 is 10.6 Å². The average molecular weight is 451 g/mol. The Morgan fingerprint density at radius 2 is 1.67 bits per heavy atom. The molecule has 0 aromatic heterocycles. The van der Waals surface area contributed by atoms with Crippen LogP contribution in [0.15, 0.2) is 61.2 Å². The smallest absolute Gasteiger partial charge is 0.407 e. The van der Waals surface area contributed by atoms with Crippen molar-refractivity contribution in [3.8, 4) is 11.1 Å². The second kappa shape index (κ2) is 11.3. The van der Waals surface area contributed by atoms with Crippen LogP contribution in [0.1, 0.15) is 49.7 Å². The molecule has 2 atom stereocenters. The summed E-state index contributed by atoms with van der Waals surface area (Å²) in [6.45, 7) is 5.65. The van der Waals surface area contributed by atoms with Crippen molar-refractivity contribution in [1.82, 2.24) is 10.6 Å². The van der Waals surface area contributed by atoms with Crippen LogP contribution in [0.3, 0.4) is 0 Å². The van der Waals surface area contributed by atoms with Crippen molar-refractivity contribution < 1.29 is 24.2 Å². The summed E-state index contributed by atoms with van der Waals surface area (Å²) in [7, 11) is 0. The molecule has 0 saturated carbocycles. The summed E-state index contributed by atoms with van der Waals surface area (Å²) in [5, 5.41) is 14.4. The van der Waals surface area contributed by atoms with E-state index >= 15 is 0 Å². The second-order valence-corrected chi connectivity index (χ2v) is 8.14. The number of hydrogen-bond acceptors (Lipinski definition) is 4. The van der Waals surface area contributed by atoms with Crippen molar-refractivity contribution in [2.75, 3.05) is 6.61 Å². The number of ether oxygens (including phenoxy) is 1. The molecule has 33 heavy (non-hydrogen) atoms. The van der Waals surface area contributed by atoms with Crippen LogP contribution in [0, 0.1) is 0 Å². The predicted octanol–water partition coefficient (Wildman–Crippen LogP) is 4.23. The van der Waals surface area contributed by atoms with Crippen LogP contribution in [-0.4, -0.2) is 41.8 Å². The fourth-order valence-corrected chi connectivity index (χ4v) is 4.25. The minimum absolute atomic E-state index is 0.0288. The van der Waals surface area contributed by atoms with E-state index in [2.05, 4.69) is 29.3 Å². The molecule has 0 bridgehead atoms. The van der Waals surface area contributed by atoms with E-state index in [1.54, 1.807) is 0 Å². The van der Waals surface area contributed by atoms with Gasteiger partial charge >= 0.3 is 12.1 Å². The minimum atomic E-state index is -1.13. The van der Waals surface area contributed by atoms with E-state index in [1.807, 2.05) is 43.3 Å². The summed E-state index contributed by atoms with van der Waals surface area (Å²) < 4.78 is 5.57. The molecule has 174 valence electrons. The molecule has 0 radical (unpaired) electrons. The van der Waals surface area contributed by atoms with E-state index < -0.39 is 30.1 Å². The molecular formula is C26H30N2O5. The minimum Gasteiger partial charge on any atom is -0.480 e. The Bertz CT molecular complexity index is 974. The van der Waals surface area contributed by atoms with E-state index in [9.17, 15) is 19.5 Å². The van der Waals surface area contributed by atoms with Gasteiger partial charge in [0, 0.05) is 18.4 Å². The van der Waals surface area contributed by atoms with Crippen molar-refractivity contribution in [1.29, 1.82) is 0 Å². The number of carbonyl (C=O) groups excluding carboxylic acids is 2. The van der Waals surface area contributed by atoms with Crippen molar-refractivity contribution in [2.45, 2.75) is 50.6 Å². The number of carbonyl (C=O) groups is 3. The van der Waals surface area contributed by atoms with Crippen molar-refractivity contribution in [2.24, 2.45) is 0 Å². The molecule has 0 aliphatic heterocycles. The number of rotatable bonds is 11. The zero-order valence-corrected chi connectivity index (χ0v) is 18.8. The molecule has 3 rings (SSSR count). The third-order valence-electron chi connectivity index (χ3n) is 5.77. The van der Waals surface area contributed by atoms with Gasteiger partial charge in [0.05, 0.1) is 0 Å². The first-order valence-corrected chi connectivity index (χ1v) is 11.2. The third-order valence-corrected chi connectivity index (χ3v) is 5.77. The summed E-state index contributed by atoms with van der Waals surface area (Å²) in [5.41, 5.74) is 4.54. The summed E-state index contributed by atoms with van der Waals surface area (Å²) in [4.78, 5) is 36.1. The van der Waals surface area contributed by atoms with Gasteiger partial charge in [0.25, 0.3) is 0 Å². The van der Waals surface area contributed by atoms with Gasteiger partial charge in [-0.05, 0) is 35.1 Å². The monoisotopic (exact) mass is 450 g/mol. The number of hydrogen-bond donors (Lipinski definition) is 3. The molecule has 7 nitrogen and oxygen atoms in total. The van der Waals surface area contributed by atoms with Crippen LogP contribution in [0.5, 0.6) is 0 Å². The second-order valence-electron chi connectivity index (χ2n) is 8.14. The van der Waals surface area contributed by atoms with Gasteiger partial charge in [-0.2, -0.15) is 0 Å². The van der Waals surface area contributed by atoms with Crippen molar-refractivity contribution in [3.63, 3.8) is 0 Å². The standard InChI is InChI=1S/C26H30N2O5/c1-3-9-17(15-24(29)28-23(10-4-2)25(30)31)27-26(32)33-16-22-20-13-7-5-11-18(20)19-12-6-8-14-21(19)22/h4-8,11-14,17,22-23H,2-3,9-10,15-16H2,1H3,(H,27,32)(H,28,29)(H,30,31). The SMILES string of the molecule is C=CCC(NC(=O)CC(CCC)NC(=O)OCC1c2ccccc2-c2ccccc21)C(=O)O. The first kappa shape index (κ1) is 24.0. The van der Waals surface area contributed by atoms with Crippen LogP contribution in [0.25, 0.3) is 11.1 Å². The lowest BCUT2D eigenvalue weighted by Crippen LogP contribution is -2.44. The maximum atomic E-state index is 12.6. The quantitative estimate of drug-likeness (QED) is 0.445. The Morgan fingerprint density at radius 3 is 2.21 bits per heavy atom. The number of aliphatic carboxylic acids is 1. The number of amides is 2. The molecule has 1 aliphatic carbocycles. The van der Waals surface area contributed by atoms with Crippen LogP contribution in [-0.2, 0) is 14.3 Å². The van der Waals surface area contributed by atoms with E-state index in [0.29, 0.717) is 6.42 Å². The number of carboxylic acid groups (broad SMARTS) is 1. The van der Waals surface area contributed by atoms with E-state index in [1.165, 1.54) is 6.08 Å². The summed E-state index contributed by atoms with van der Waals surface area (Å²) in [6.07, 6.45) is 2.26. The van der Waals surface area contributed by atoms with E-state index in [-0.39, 0.29) is 25.4 Å². The number of benzene rings is 2. The highest BCUT2D eigenvalue weighted by atomic mass is 16.5. The molecule has 3 N–H and O–H groups in total. The van der Waals surface area contributed by atoms with E-state index in [4.69, 9.17) is 4.74 Å². The molecule has 1 aliphatic rings. The zero-order chi connectivity index (χ0) is 23.8. The molecule has 2 unspecified atom stereocenters. The van der Waals surface area contributed by atoms with Crippen molar-refractivity contribution in [3.05, 3.63) is 72.3 Å². The van der Waals surface area contributed by atoms with Crippen LogP contribution >= 0.6 is 0 Å². The molecule has 0 spiro atoms. The van der Waals surface area contributed by atoms with Gasteiger partial charge in [-0.3, -0.25) is 4.79 Å². The van der Waals surface area contributed by atoms with Gasteiger partial charge in [0.1, 0.15) is 12.6 Å². The molecule has 0 heterocycles. The maximum Gasteiger partial charge on any atom is 0.407 e. The molecular weight excluding hydrogens is 420 g/mol. The molecule has 7 heteroatoms. The normalized spacial score (nSPS) is 13.8. The topological polar surface area (TPSA) is 105 Å². The fraction of sp³-hybridized carbons (Fsp3) is 0.346. The fourth-order valence-electron chi connectivity index (χ4n) is 4.25. The number of fused-ring (bicyclic) bond motifs is 3. The van der Waals surface area contributed by atoms with Crippen LogP contribution in [0.4, 0.5) is 4.79 Å². The van der Waals surface area contributed by atoms with Gasteiger partial charge in [-0.15, -0.1) is 6.58 Å². The Hall–Kier alpha value is -3.61. The third kappa shape index (κ3) is 6.00. The number of nitrogens with one attached hydrogen (secondary N) is 2. The first-order chi connectivity index (χ1) is 15.9. The lowest BCUT2D eigenvalue weighted by molar-refractivity contribution is -0.141. The van der Waals surface area contributed by atoms with Gasteiger partial charge < -0.3 is 20.5 Å². The first-order valence-electron chi connectivity index (χ1n) is 11.2. The van der Waals surface area contributed by atoms with Gasteiger partial charge in [0.15, 0.2) is 0 Å². The zero-order valence-electron chi connectivity index (χ0n) is 18.8. The average Bonchev–Trinajstić information content (AvgIpc) is 3.11. The highest BCUT2D eigenvalue weighted by molar-refractivity contribution is 5.84. The molecule has 2 aromatic rings. The van der Waals surface area contributed by atoms with Gasteiger partial charge in [-0.25, -0.2) is 9.59 Å². The summed E-state index contributed by atoms with van der Waals surface area (Å²) in [6, 6.07) is 14.7. The number of carboxylic acids is 1. The summed E-state index contributed by atoms with van der Waals surface area (Å²) >= 11 is 0. The number of alkyl carbamates (subject to hydrolysis) is 1. The Morgan fingerprint density at radius 1 is 1.06 bits per heavy atom. The van der Waals surface area contributed by atoms with Gasteiger partial charge in [0.2, 0.25) is 5.91 Å². The molecule has 2 amide bonds. The van der Waals surface area contributed by atoms with Crippen LogP contribution in [0.2, 0.25) is 0 Å². The lowest BCUT2D eigenvalue weighted by atomic mass is 9.98. The predicted molar refractivity (Wildman–Crippen MR) is 126 cm³/mol. The summed E-state index contributed by atoms with van der Waals surface area (Å²) in [5.74, 6) is -1.62. The Kier molecular flexibility index (Phi) is 8.24. The largest absolute Gasteiger partial charge is 0.480 e. The van der Waals surface area contributed by atoms with Crippen molar-refractivity contribution >= 4 is 18.0 Å². The Balaban J connectivity index is 1.59.